The Labute approximate surface area is 80.8 Å². The lowest BCUT2D eigenvalue weighted by atomic mass is 10.1. The van der Waals surface area contributed by atoms with E-state index in [0.29, 0.717) is 6.42 Å². The van der Waals surface area contributed by atoms with E-state index in [-0.39, 0.29) is 11.9 Å². The lowest BCUT2D eigenvalue weighted by Gasteiger charge is -2.16. The molecule has 4 nitrogen and oxygen atoms in total. The lowest BCUT2D eigenvalue weighted by molar-refractivity contribution is -0.119. The van der Waals surface area contributed by atoms with Gasteiger partial charge in [-0.1, -0.05) is 0 Å². The summed E-state index contributed by atoms with van der Waals surface area (Å²) in [6.45, 7) is 0.789. The number of aliphatic imine (C=N–C) groups is 1. The van der Waals surface area contributed by atoms with Crippen molar-refractivity contribution in [1.82, 2.24) is 5.32 Å². The van der Waals surface area contributed by atoms with Crippen molar-refractivity contribution in [2.45, 2.75) is 25.0 Å². The maximum absolute atomic E-state index is 10.9. The van der Waals surface area contributed by atoms with Crippen LogP contribution in [0, 0.1) is 0 Å². The highest BCUT2D eigenvalue weighted by Crippen LogP contribution is 2.20. The van der Waals surface area contributed by atoms with Gasteiger partial charge in [0.25, 0.3) is 0 Å². The molecular weight excluding hydrogens is 188 g/mol. The highest BCUT2D eigenvalue weighted by molar-refractivity contribution is 8.14. The van der Waals surface area contributed by atoms with Crippen LogP contribution in [-0.2, 0) is 4.79 Å². The molecule has 2 N–H and O–H groups in total. The van der Waals surface area contributed by atoms with Gasteiger partial charge in [-0.25, -0.2) is 0 Å². The molecule has 0 spiro atoms. The van der Waals surface area contributed by atoms with Crippen LogP contribution in [-0.4, -0.2) is 40.5 Å². The van der Waals surface area contributed by atoms with Crippen LogP contribution in [0.4, 0.5) is 0 Å². The minimum atomic E-state index is -0.584. The zero-order valence-electron chi connectivity index (χ0n) is 7.19. The zero-order chi connectivity index (χ0) is 9.26. The molecule has 2 rings (SSSR count). The van der Waals surface area contributed by atoms with Gasteiger partial charge in [-0.05, 0) is 6.42 Å². The van der Waals surface area contributed by atoms with Gasteiger partial charge in [0.1, 0.15) is 6.10 Å². The Hall–Kier alpha value is -0.550. The zero-order valence-corrected chi connectivity index (χ0v) is 8.01. The molecule has 2 heterocycles. The summed E-state index contributed by atoms with van der Waals surface area (Å²) in [5.41, 5.74) is 0. The molecule has 1 fully saturated rings. The van der Waals surface area contributed by atoms with Crippen molar-refractivity contribution < 1.29 is 9.90 Å². The predicted molar refractivity (Wildman–Crippen MR) is 51.9 cm³/mol. The van der Waals surface area contributed by atoms with E-state index >= 15 is 0 Å². The van der Waals surface area contributed by atoms with E-state index in [1.807, 2.05) is 0 Å². The number of aliphatic hydroxyl groups is 1. The van der Waals surface area contributed by atoms with Gasteiger partial charge >= 0.3 is 0 Å². The van der Waals surface area contributed by atoms with Gasteiger partial charge in [0.2, 0.25) is 5.91 Å². The summed E-state index contributed by atoms with van der Waals surface area (Å²) < 4.78 is 0. The van der Waals surface area contributed by atoms with Crippen LogP contribution < -0.4 is 5.32 Å². The third-order valence-electron chi connectivity index (χ3n) is 2.27. The molecule has 0 radical (unpaired) electrons. The summed E-state index contributed by atoms with van der Waals surface area (Å²) in [4.78, 5) is 15.1. The highest BCUT2D eigenvalue weighted by atomic mass is 32.2. The van der Waals surface area contributed by atoms with Crippen molar-refractivity contribution in [3.8, 4) is 0 Å². The molecule has 0 aromatic heterocycles. The van der Waals surface area contributed by atoms with Crippen LogP contribution in [0.2, 0.25) is 0 Å². The maximum Gasteiger partial charge on any atom is 0.220 e. The number of thioether (sulfide) groups is 1. The molecule has 1 saturated heterocycles. The summed E-state index contributed by atoms with van der Waals surface area (Å²) in [6.07, 6.45) is 0.665. The first-order valence-electron chi connectivity index (χ1n) is 4.42. The first kappa shape index (κ1) is 9.02. The van der Waals surface area contributed by atoms with Crippen LogP contribution >= 0.6 is 11.8 Å². The van der Waals surface area contributed by atoms with E-state index in [1.54, 1.807) is 11.8 Å². The fourth-order valence-electron chi connectivity index (χ4n) is 1.58. The van der Waals surface area contributed by atoms with E-state index in [0.717, 1.165) is 23.8 Å². The van der Waals surface area contributed by atoms with Gasteiger partial charge in [-0.15, -0.1) is 11.8 Å². The number of hydrogen-bond donors (Lipinski definition) is 2. The number of hydrogen-bond acceptors (Lipinski definition) is 4. The molecule has 0 aliphatic carbocycles. The van der Waals surface area contributed by atoms with Crippen molar-refractivity contribution in [3.63, 3.8) is 0 Å². The van der Waals surface area contributed by atoms with E-state index in [9.17, 15) is 9.90 Å². The average Bonchev–Trinajstić information content (AvgIpc) is 2.72. The Bertz CT molecular complexity index is 255. The van der Waals surface area contributed by atoms with Gasteiger partial charge < -0.3 is 10.4 Å². The quantitative estimate of drug-likeness (QED) is 0.647. The number of amides is 1. The second-order valence-corrected chi connectivity index (χ2v) is 4.34. The van der Waals surface area contributed by atoms with Crippen molar-refractivity contribution in [2.24, 2.45) is 4.99 Å². The van der Waals surface area contributed by atoms with Crippen LogP contribution in [0.15, 0.2) is 4.99 Å². The number of nitrogens with one attached hydrogen (secondary N) is 1. The third kappa shape index (κ3) is 1.86. The molecule has 72 valence electrons. The molecule has 2 atom stereocenters. The van der Waals surface area contributed by atoms with Gasteiger partial charge in [-0.3, -0.25) is 9.79 Å². The first-order valence-corrected chi connectivity index (χ1v) is 5.40. The van der Waals surface area contributed by atoms with E-state index in [2.05, 4.69) is 10.3 Å². The normalized spacial score (nSPS) is 30.1. The molecule has 1 amide bonds. The summed E-state index contributed by atoms with van der Waals surface area (Å²) in [5, 5.41) is 13.3. The summed E-state index contributed by atoms with van der Waals surface area (Å²) in [7, 11) is 0. The first-order chi connectivity index (χ1) is 6.27. The number of carbonyl (C=O) groups excluding carboxylic acids is 1. The Morgan fingerprint density at radius 3 is 3.08 bits per heavy atom. The van der Waals surface area contributed by atoms with E-state index in [4.69, 9.17) is 0 Å². The number of carbonyl (C=O) groups is 1. The summed E-state index contributed by atoms with van der Waals surface area (Å²) in [6, 6.07) is -0.114. The Balaban J connectivity index is 1.96. The molecule has 1 unspecified atom stereocenters. The second-order valence-electron chi connectivity index (χ2n) is 3.23. The maximum atomic E-state index is 10.9. The molecule has 13 heavy (non-hydrogen) atoms. The molecule has 0 saturated carbocycles. The Morgan fingerprint density at radius 1 is 1.69 bits per heavy atom. The standard InChI is InChI=1S/C8H12N2O2S/c11-6-2-1-5(10-6)7(12)8-9-3-4-13-8/h5,7,12H,1-4H2,(H,10,11)/t5-,7?/m0/s1. The van der Waals surface area contributed by atoms with E-state index < -0.39 is 6.10 Å². The third-order valence-corrected chi connectivity index (χ3v) is 3.32. The number of aliphatic hydroxyl groups excluding tert-OH is 1. The Morgan fingerprint density at radius 2 is 2.54 bits per heavy atom. The monoisotopic (exact) mass is 200 g/mol. The minimum Gasteiger partial charge on any atom is -0.384 e. The molecule has 0 aromatic rings. The van der Waals surface area contributed by atoms with Crippen molar-refractivity contribution >= 4 is 22.7 Å². The van der Waals surface area contributed by atoms with Gasteiger partial charge in [0.05, 0.1) is 11.1 Å². The minimum absolute atomic E-state index is 0.0349. The predicted octanol–water partition coefficient (Wildman–Crippen LogP) is -0.229. The van der Waals surface area contributed by atoms with Crippen molar-refractivity contribution in [3.05, 3.63) is 0 Å². The molecule has 0 bridgehead atoms. The molecule has 2 aliphatic rings. The fourth-order valence-corrected chi connectivity index (χ4v) is 2.49. The topological polar surface area (TPSA) is 61.7 Å². The molecular formula is C8H12N2O2S. The summed E-state index contributed by atoms with van der Waals surface area (Å²) in [5.74, 6) is 0.986. The highest BCUT2D eigenvalue weighted by Gasteiger charge is 2.31. The SMILES string of the molecule is O=C1CC[C@@H](C(O)C2=NCCS2)N1. The average molecular weight is 200 g/mol. The smallest absolute Gasteiger partial charge is 0.220 e. The number of rotatable bonds is 2. The second kappa shape index (κ2) is 3.67. The molecule has 0 aromatic carbocycles. The molecule has 5 heteroatoms. The van der Waals surface area contributed by atoms with Gasteiger partial charge in [-0.2, -0.15) is 0 Å². The lowest BCUT2D eigenvalue weighted by Crippen LogP contribution is -2.40. The summed E-state index contributed by atoms with van der Waals surface area (Å²) >= 11 is 1.59. The van der Waals surface area contributed by atoms with Crippen LogP contribution in [0.3, 0.4) is 0 Å². The van der Waals surface area contributed by atoms with Crippen molar-refractivity contribution in [2.75, 3.05) is 12.3 Å². The molecule has 2 aliphatic heterocycles. The van der Waals surface area contributed by atoms with Crippen LogP contribution in [0.5, 0.6) is 0 Å². The van der Waals surface area contributed by atoms with Gasteiger partial charge in [0.15, 0.2) is 0 Å². The van der Waals surface area contributed by atoms with Crippen LogP contribution in [0.1, 0.15) is 12.8 Å². The fraction of sp³-hybridized carbons (Fsp3) is 0.750. The largest absolute Gasteiger partial charge is 0.384 e. The van der Waals surface area contributed by atoms with E-state index in [1.165, 1.54) is 0 Å². The Kier molecular flexibility index (Phi) is 2.55. The van der Waals surface area contributed by atoms with Crippen molar-refractivity contribution in [1.29, 1.82) is 0 Å². The van der Waals surface area contributed by atoms with Crippen LogP contribution in [0.25, 0.3) is 0 Å². The number of nitrogens with zero attached hydrogens (tertiary/aromatic N) is 1. The van der Waals surface area contributed by atoms with Gasteiger partial charge in [0, 0.05) is 18.7 Å².